The van der Waals surface area contributed by atoms with E-state index in [0.29, 0.717) is 49.6 Å². The van der Waals surface area contributed by atoms with Crippen molar-refractivity contribution in [3.63, 3.8) is 0 Å². The van der Waals surface area contributed by atoms with Crippen LogP contribution >= 0.6 is 31.9 Å². The lowest BCUT2D eigenvalue weighted by molar-refractivity contribution is -0.136. The monoisotopic (exact) mass is 774 g/mol. The quantitative estimate of drug-likeness (QED) is 0.0648. The number of nitrogens with one attached hydrogen (secondary N) is 3. The van der Waals surface area contributed by atoms with Gasteiger partial charge in [0.2, 0.25) is 0 Å². The number of amides is 2. The largest absolute Gasteiger partial charge is 0.490 e. The molecule has 3 aromatic carbocycles. The van der Waals surface area contributed by atoms with Crippen LogP contribution in [-0.4, -0.2) is 60.9 Å². The number of esters is 1. The van der Waals surface area contributed by atoms with Gasteiger partial charge in [-0.1, -0.05) is 18.2 Å². The van der Waals surface area contributed by atoms with Gasteiger partial charge in [-0.15, -0.1) is 0 Å². The Bertz CT molecular complexity index is 1670. The first-order valence-electron chi connectivity index (χ1n) is 14.2. The number of urea groups is 1. The number of nitrogens with zero attached hydrogens (tertiary/aromatic N) is 1. The number of halogens is 2. The number of hydrogen-bond donors (Lipinski definition) is 5. The van der Waals surface area contributed by atoms with Gasteiger partial charge in [0.1, 0.15) is 19.0 Å². The normalized spacial score (nSPS) is 15.0. The van der Waals surface area contributed by atoms with E-state index in [1.807, 2.05) is 0 Å². The Morgan fingerprint density at radius 2 is 1.74 bits per heavy atom. The number of allylic oxidation sites excluding steroid dienone is 1. The molecule has 1 aliphatic heterocycles. The summed E-state index contributed by atoms with van der Waals surface area (Å²) in [7, 11) is 1.27. The van der Waals surface area contributed by atoms with E-state index in [9.17, 15) is 19.5 Å². The van der Waals surface area contributed by atoms with E-state index in [1.165, 1.54) is 25.5 Å². The summed E-state index contributed by atoms with van der Waals surface area (Å²) in [5, 5.41) is 28.9. The van der Waals surface area contributed by atoms with Gasteiger partial charge in [0, 0.05) is 5.70 Å². The van der Waals surface area contributed by atoms with E-state index in [2.05, 4.69) is 53.0 Å². The summed E-state index contributed by atoms with van der Waals surface area (Å²) in [6.07, 6.45) is 0.331. The summed E-state index contributed by atoms with van der Waals surface area (Å²) in [5.74, 6) is -0.337. The molecule has 0 spiro atoms. The molecule has 0 bridgehead atoms. The molecule has 0 saturated carbocycles. The molecule has 2 amide bonds. The standard InChI is InChI=1S/C32H32Br2N4O9/c1-4-45-25-13-21(28-27(31(42)44-3)17(2)36-32(43)37-28)9-10-24(25)46-16-26(39)38-35-14-19-11-22(33)29(23(34)12-19)47-15-18-5-7-20(8-6-18)30(40)41/h5-14,26,28,38-39H,4,15-16H2,1-3H3,(H,40,41)(H2,36,37,43)/b35-14-/t26-,28-/m1/s1. The van der Waals surface area contributed by atoms with Crippen LogP contribution in [0.25, 0.3) is 0 Å². The highest BCUT2D eigenvalue weighted by molar-refractivity contribution is 9.11. The van der Waals surface area contributed by atoms with Crippen molar-refractivity contribution in [1.82, 2.24) is 16.1 Å². The van der Waals surface area contributed by atoms with E-state index >= 15 is 0 Å². The molecule has 5 N–H and O–H groups in total. The molecule has 1 aliphatic rings. The van der Waals surface area contributed by atoms with Crippen LogP contribution in [0.2, 0.25) is 0 Å². The first-order valence-corrected chi connectivity index (χ1v) is 15.8. The van der Waals surface area contributed by atoms with Crippen LogP contribution in [0.4, 0.5) is 4.79 Å². The number of aliphatic hydroxyl groups is 1. The van der Waals surface area contributed by atoms with Crippen LogP contribution in [0.3, 0.4) is 0 Å². The summed E-state index contributed by atoms with van der Waals surface area (Å²) in [4.78, 5) is 35.7. The maximum atomic E-state index is 12.5. The Hall–Kier alpha value is -4.60. The van der Waals surface area contributed by atoms with Gasteiger partial charge in [0.25, 0.3) is 0 Å². The molecule has 0 aromatic heterocycles. The minimum Gasteiger partial charge on any atom is -0.490 e. The van der Waals surface area contributed by atoms with Crippen molar-refractivity contribution < 1.29 is 43.5 Å². The number of carbonyl (C=O) groups excluding carboxylic acids is 2. The van der Waals surface area contributed by atoms with E-state index in [1.54, 1.807) is 56.3 Å². The average Bonchev–Trinajstić information content (AvgIpc) is 3.03. The average molecular weight is 776 g/mol. The van der Waals surface area contributed by atoms with Gasteiger partial charge in [0.05, 0.1) is 46.1 Å². The van der Waals surface area contributed by atoms with E-state index in [0.717, 1.165) is 5.56 Å². The summed E-state index contributed by atoms with van der Waals surface area (Å²) in [6.45, 7) is 3.78. The third-order valence-corrected chi connectivity index (χ3v) is 7.89. The van der Waals surface area contributed by atoms with Crippen molar-refractivity contribution in [3.05, 3.63) is 97.1 Å². The third-order valence-electron chi connectivity index (χ3n) is 6.71. The van der Waals surface area contributed by atoms with E-state index in [4.69, 9.17) is 24.1 Å². The van der Waals surface area contributed by atoms with E-state index in [-0.39, 0.29) is 24.4 Å². The van der Waals surface area contributed by atoms with Crippen molar-refractivity contribution >= 4 is 56.0 Å². The SMILES string of the molecule is CCOc1cc([C@H]2NC(=O)NC(C)=C2C(=O)OC)ccc1OC[C@@H](O)N/N=C\c1cc(Br)c(OCc2ccc(C(=O)O)cc2)c(Br)c1. The molecular weight excluding hydrogens is 744 g/mol. The predicted molar refractivity (Wildman–Crippen MR) is 179 cm³/mol. The highest BCUT2D eigenvalue weighted by Gasteiger charge is 2.32. The maximum absolute atomic E-state index is 12.5. The molecule has 2 atom stereocenters. The minimum atomic E-state index is -1.18. The molecule has 0 aliphatic carbocycles. The van der Waals surface area contributed by atoms with Crippen LogP contribution in [0.5, 0.6) is 17.2 Å². The minimum absolute atomic E-state index is 0.180. The smallest absolute Gasteiger partial charge is 0.337 e. The number of hydrazone groups is 1. The molecule has 0 radical (unpaired) electrons. The van der Waals surface area contributed by atoms with Gasteiger partial charge in [-0.25, -0.2) is 14.4 Å². The number of carbonyl (C=O) groups is 3. The number of aliphatic hydroxyl groups excluding tert-OH is 1. The first kappa shape index (κ1) is 35.3. The highest BCUT2D eigenvalue weighted by atomic mass is 79.9. The Balaban J connectivity index is 1.36. The molecule has 13 nitrogen and oxygen atoms in total. The first-order chi connectivity index (χ1) is 22.5. The van der Waals surface area contributed by atoms with Crippen molar-refractivity contribution in [3.8, 4) is 17.2 Å². The number of benzene rings is 3. The number of carboxylic acid groups (broad SMARTS) is 1. The molecule has 3 aromatic rings. The zero-order valence-corrected chi connectivity index (χ0v) is 28.7. The van der Waals surface area contributed by atoms with Crippen molar-refractivity contribution in [2.24, 2.45) is 5.10 Å². The molecule has 4 rings (SSSR count). The second-order valence-corrected chi connectivity index (χ2v) is 11.7. The van der Waals surface area contributed by atoms with Gasteiger partial charge in [0.15, 0.2) is 17.7 Å². The molecule has 0 unspecified atom stereocenters. The molecule has 0 saturated heterocycles. The molecule has 47 heavy (non-hydrogen) atoms. The van der Waals surface area contributed by atoms with Gasteiger partial charge < -0.3 is 39.8 Å². The fraction of sp³-hybridized carbons (Fsp3) is 0.250. The maximum Gasteiger partial charge on any atom is 0.337 e. The molecule has 15 heteroatoms. The second-order valence-electron chi connectivity index (χ2n) is 10.0. The topological polar surface area (TPSA) is 177 Å². The lowest BCUT2D eigenvalue weighted by Gasteiger charge is -2.28. The number of methoxy groups -OCH3 is 1. The highest BCUT2D eigenvalue weighted by Crippen LogP contribution is 2.36. The zero-order chi connectivity index (χ0) is 34.1. The fourth-order valence-corrected chi connectivity index (χ4v) is 5.96. The summed E-state index contributed by atoms with van der Waals surface area (Å²) in [5.41, 5.74) is 5.51. The van der Waals surface area contributed by atoms with Crippen LogP contribution in [0, 0.1) is 0 Å². The predicted octanol–water partition coefficient (Wildman–Crippen LogP) is 5.01. The fourth-order valence-electron chi connectivity index (χ4n) is 4.51. The Morgan fingerprint density at radius 3 is 2.38 bits per heavy atom. The summed E-state index contributed by atoms with van der Waals surface area (Å²) < 4.78 is 23.7. The van der Waals surface area contributed by atoms with Gasteiger partial charge in [-0.05, 0) is 98.8 Å². The van der Waals surface area contributed by atoms with Crippen LogP contribution in [0.15, 0.2) is 79.9 Å². The zero-order valence-electron chi connectivity index (χ0n) is 25.5. The molecular formula is C32H32Br2N4O9. The molecule has 1 heterocycles. The van der Waals surface area contributed by atoms with Crippen LogP contribution in [0.1, 0.15) is 46.9 Å². The summed E-state index contributed by atoms with van der Waals surface area (Å²) in [6, 6.07) is 13.7. The van der Waals surface area contributed by atoms with Crippen LogP contribution < -0.4 is 30.3 Å². The summed E-state index contributed by atoms with van der Waals surface area (Å²) >= 11 is 7.00. The molecule has 0 fully saturated rings. The van der Waals surface area contributed by atoms with Gasteiger partial charge in [-0.3, -0.25) is 5.43 Å². The Labute approximate surface area is 287 Å². The number of aromatic carboxylic acids is 1. The Kier molecular flexibility index (Phi) is 12.2. The van der Waals surface area contributed by atoms with Gasteiger partial charge in [-0.2, -0.15) is 5.10 Å². The number of carboxylic acids is 1. The number of hydrogen-bond acceptors (Lipinski definition) is 10. The lowest BCUT2D eigenvalue weighted by atomic mass is 9.95. The third kappa shape index (κ3) is 9.24. The van der Waals surface area contributed by atoms with E-state index < -0.39 is 30.2 Å². The van der Waals surface area contributed by atoms with Gasteiger partial charge >= 0.3 is 18.0 Å². The van der Waals surface area contributed by atoms with Crippen molar-refractivity contribution in [2.75, 3.05) is 20.3 Å². The second kappa shape index (κ2) is 16.3. The lowest BCUT2D eigenvalue weighted by Crippen LogP contribution is -2.45. The van der Waals surface area contributed by atoms with Crippen molar-refractivity contribution in [1.29, 1.82) is 0 Å². The Morgan fingerprint density at radius 1 is 1.04 bits per heavy atom. The number of ether oxygens (including phenoxy) is 4. The number of rotatable bonds is 14. The van der Waals surface area contributed by atoms with Crippen LogP contribution in [-0.2, 0) is 16.1 Å². The van der Waals surface area contributed by atoms with Crippen molar-refractivity contribution in [2.45, 2.75) is 32.7 Å². The molecule has 248 valence electrons.